The van der Waals surface area contributed by atoms with Crippen LogP contribution >= 0.6 is 15.9 Å². The second kappa shape index (κ2) is 7.06. The minimum Gasteiger partial charge on any atom is -0.411 e. The molecule has 0 aliphatic rings. The van der Waals surface area contributed by atoms with Crippen LogP contribution in [0.25, 0.3) is 10.9 Å². The zero-order valence-electron chi connectivity index (χ0n) is 16.1. The van der Waals surface area contributed by atoms with Gasteiger partial charge in [-0.25, -0.2) is 4.98 Å². The Bertz CT molecular complexity index is 835. The van der Waals surface area contributed by atoms with E-state index in [1.54, 1.807) is 0 Å². The molecule has 0 saturated heterocycles. The predicted molar refractivity (Wildman–Crippen MR) is 110 cm³/mol. The first-order valence-electron chi connectivity index (χ1n) is 8.31. The van der Waals surface area contributed by atoms with Crippen molar-refractivity contribution >= 4 is 40.8 Å². The molecule has 0 aliphatic carbocycles. The highest BCUT2D eigenvalue weighted by molar-refractivity contribution is 9.10. The number of hydrogen-bond donors (Lipinski definition) is 0. The standard InChI is InChI=1S/C19H26BrN3OSi/c1-19(2,3)25(6,7)24-12-14-9-8-13-10-16(20)18(23(4)5)15(11-21)17(13)22-14/h8-10H,12H2,1-7H3. The molecule has 1 aromatic carbocycles. The van der Waals surface area contributed by atoms with E-state index in [1.165, 1.54) is 0 Å². The van der Waals surface area contributed by atoms with Crippen molar-refractivity contribution in [3.05, 3.63) is 33.9 Å². The van der Waals surface area contributed by atoms with Gasteiger partial charge < -0.3 is 9.33 Å². The number of hydrogen-bond acceptors (Lipinski definition) is 4. The molecule has 134 valence electrons. The van der Waals surface area contributed by atoms with Crippen LogP contribution in [0.3, 0.4) is 0 Å². The molecule has 0 radical (unpaired) electrons. The molecule has 0 N–H and O–H groups in total. The number of pyridine rings is 1. The highest BCUT2D eigenvalue weighted by Crippen LogP contribution is 2.37. The normalized spacial score (nSPS) is 12.3. The molecule has 0 amide bonds. The van der Waals surface area contributed by atoms with Crippen LogP contribution in [-0.4, -0.2) is 27.4 Å². The van der Waals surface area contributed by atoms with Gasteiger partial charge >= 0.3 is 0 Å². The van der Waals surface area contributed by atoms with Gasteiger partial charge in [-0.2, -0.15) is 5.26 Å². The molecule has 0 fully saturated rings. The number of nitrogens with zero attached hydrogens (tertiary/aromatic N) is 3. The third kappa shape index (κ3) is 4.05. The van der Waals surface area contributed by atoms with Gasteiger partial charge in [0.15, 0.2) is 8.32 Å². The summed E-state index contributed by atoms with van der Waals surface area (Å²) >= 11 is 3.57. The van der Waals surface area contributed by atoms with Crippen molar-refractivity contribution < 1.29 is 4.43 Å². The highest BCUT2D eigenvalue weighted by atomic mass is 79.9. The summed E-state index contributed by atoms with van der Waals surface area (Å²) in [4.78, 5) is 6.68. The molecule has 0 aliphatic heterocycles. The fourth-order valence-corrected chi connectivity index (χ4v) is 4.10. The Kier molecular flexibility index (Phi) is 5.62. The quantitative estimate of drug-likeness (QED) is 0.617. The fourth-order valence-electron chi connectivity index (χ4n) is 2.36. The van der Waals surface area contributed by atoms with Crippen molar-refractivity contribution in [2.45, 2.75) is 45.5 Å². The van der Waals surface area contributed by atoms with Gasteiger partial charge in [-0.1, -0.05) is 26.8 Å². The Morgan fingerprint density at radius 2 is 1.92 bits per heavy atom. The van der Waals surface area contributed by atoms with Crippen LogP contribution in [0, 0.1) is 11.3 Å². The predicted octanol–water partition coefficient (Wildman–Crippen LogP) is 5.46. The lowest BCUT2D eigenvalue weighted by molar-refractivity contribution is 0.272. The lowest BCUT2D eigenvalue weighted by Gasteiger charge is -2.36. The van der Waals surface area contributed by atoms with Gasteiger partial charge in [0.2, 0.25) is 0 Å². The summed E-state index contributed by atoms with van der Waals surface area (Å²) in [5.41, 5.74) is 3.03. The van der Waals surface area contributed by atoms with E-state index in [1.807, 2.05) is 37.2 Å². The maximum atomic E-state index is 9.68. The molecule has 4 nitrogen and oxygen atoms in total. The minimum atomic E-state index is -1.84. The number of nitriles is 1. The van der Waals surface area contributed by atoms with Crippen molar-refractivity contribution in [2.75, 3.05) is 19.0 Å². The maximum absolute atomic E-state index is 9.68. The summed E-state index contributed by atoms with van der Waals surface area (Å²) in [6, 6.07) is 8.33. The molecule has 1 heterocycles. The average Bonchev–Trinajstić information content (AvgIpc) is 2.50. The van der Waals surface area contributed by atoms with Gasteiger partial charge in [0, 0.05) is 24.0 Å². The smallest absolute Gasteiger partial charge is 0.192 e. The van der Waals surface area contributed by atoms with Crippen molar-refractivity contribution in [3.8, 4) is 6.07 Å². The van der Waals surface area contributed by atoms with Gasteiger partial charge in [-0.3, -0.25) is 0 Å². The van der Waals surface area contributed by atoms with Crippen molar-refractivity contribution in [3.63, 3.8) is 0 Å². The minimum absolute atomic E-state index is 0.157. The first-order valence-corrected chi connectivity index (χ1v) is 12.0. The van der Waals surface area contributed by atoms with Gasteiger partial charge in [-0.05, 0) is 46.2 Å². The molecule has 2 aromatic rings. The molecular formula is C19H26BrN3OSi. The summed E-state index contributed by atoms with van der Waals surface area (Å²) in [7, 11) is 2.02. The topological polar surface area (TPSA) is 49.1 Å². The molecular weight excluding hydrogens is 394 g/mol. The second-order valence-electron chi connectivity index (χ2n) is 8.01. The Labute approximate surface area is 160 Å². The summed E-state index contributed by atoms with van der Waals surface area (Å²) in [6.45, 7) is 11.6. The molecule has 0 unspecified atom stereocenters. The second-order valence-corrected chi connectivity index (χ2v) is 13.7. The van der Waals surface area contributed by atoms with E-state index in [2.05, 4.69) is 55.9 Å². The van der Waals surface area contributed by atoms with E-state index in [4.69, 9.17) is 9.41 Å². The Balaban J connectivity index is 2.46. The molecule has 6 heteroatoms. The van der Waals surface area contributed by atoms with Crippen LogP contribution < -0.4 is 4.90 Å². The lowest BCUT2D eigenvalue weighted by atomic mass is 10.1. The zero-order valence-corrected chi connectivity index (χ0v) is 18.7. The lowest BCUT2D eigenvalue weighted by Crippen LogP contribution is -2.40. The molecule has 2 rings (SSSR count). The number of aromatic nitrogens is 1. The van der Waals surface area contributed by atoms with Gasteiger partial charge in [0.25, 0.3) is 0 Å². The Hall–Kier alpha value is -1.42. The van der Waals surface area contributed by atoms with Crippen LogP contribution in [0.5, 0.6) is 0 Å². The number of halogens is 1. The average molecular weight is 420 g/mol. The van der Waals surface area contributed by atoms with Gasteiger partial charge in [-0.15, -0.1) is 0 Å². The first-order chi connectivity index (χ1) is 11.5. The van der Waals surface area contributed by atoms with Crippen LogP contribution in [0.2, 0.25) is 18.1 Å². The van der Waals surface area contributed by atoms with Crippen molar-refractivity contribution in [1.29, 1.82) is 5.26 Å². The van der Waals surface area contributed by atoms with Crippen LogP contribution in [0.1, 0.15) is 32.0 Å². The van der Waals surface area contributed by atoms with E-state index in [9.17, 15) is 5.26 Å². The molecule has 0 bridgehead atoms. The van der Waals surface area contributed by atoms with E-state index in [0.29, 0.717) is 12.2 Å². The third-order valence-corrected chi connectivity index (χ3v) is 10.00. The number of anilines is 1. The van der Waals surface area contributed by atoms with Crippen molar-refractivity contribution in [2.24, 2.45) is 0 Å². The van der Waals surface area contributed by atoms with Crippen molar-refractivity contribution in [1.82, 2.24) is 4.98 Å². The summed E-state index contributed by atoms with van der Waals surface area (Å²) in [6.07, 6.45) is 0. The molecule has 0 atom stereocenters. The van der Waals surface area contributed by atoms with E-state index < -0.39 is 8.32 Å². The van der Waals surface area contributed by atoms with Crippen LogP contribution in [-0.2, 0) is 11.0 Å². The largest absolute Gasteiger partial charge is 0.411 e. The summed E-state index contributed by atoms with van der Waals surface area (Å²) in [5.74, 6) is 0. The zero-order chi connectivity index (χ0) is 19.0. The van der Waals surface area contributed by atoms with E-state index >= 15 is 0 Å². The Morgan fingerprint density at radius 1 is 1.28 bits per heavy atom. The monoisotopic (exact) mass is 419 g/mol. The molecule has 25 heavy (non-hydrogen) atoms. The SMILES string of the molecule is CN(C)c1c(Br)cc2ccc(CO[Si](C)(C)C(C)(C)C)nc2c1C#N. The highest BCUT2D eigenvalue weighted by Gasteiger charge is 2.37. The molecule has 0 saturated carbocycles. The van der Waals surface area contributed by atoms with E-state index in [0.717, 1.165) is 26.8 Å². The summed E-state index contributed by atoms with van der Waals surface area (Å²) in [5, 5.41) is 10.8. The number of benzene rings is 1. The maximum Gasteiger partial charge on any atom is 0.192 e. The molecule has 0 spiro atoms. The van der Waals surface area contributed by atoms with Crippen LogP contribution in [0.15, 0.2) is 22.7 Å². The van der Waals surface area contributed by atoms with Crippen LogP contribution in [0.4, 0.5) is 5.69 Å². The van der Waals surface area contributed by atoms with E-state index in [-0.39, 0.29) is 5.04 Å². The number of rotatable bonds is 4. The summed E-state index contributed by atoms with van der Waals surface area (Å²) < 4.78 is 7.17. The van der Waals surface area contributed by atoms with Gasteiger partial charge in [0.1, 0.15) is 11.6 Å². The molecule has 1 aromatic heterocycles. The Morgan fingerprint density at radius 3 is 2.44 bits per heavy atom. The fraction of sp³-hybridized carbons (Fsp3) is 0.474. The third-order valence-electron chi connectivity index (χ3n) is 4.91. The van der Waals surface area contributed by atoms with Gasteiger partial charge in [0.05, 0.1) is 23.5 Å². The number of fused-ring (bicyclic) bond motifs is 1. The first kappa shape index (κ1) is 19.9.